The summed E-state index contributed by atoms with van der Waals surface area (Å²) in [6, 6.07) is 10.1. The first kappa shape index (κ1) is 17.0. The zero-order valence-corrected chi connectivity index (χ0v) is 14.1. The molecule has 0 atom stereocenters. The molecule has 6 nitrogen and oxygen atoms in total. The molecule has 0 spiro atoms. The number of rotatable bonds is 5. The highest BCUT2D eigenvalue weighted by atomic mass is 35.5. The second-order valence-corrected chi connectivity index (χ2v) is 5.93. The van der Waals surface area contributed by atoms with E-state index in [-0.39, 0.29) is 17.1 Å². The van der Waals surface area contributed by atoms with Crippen molar-refractivity contribution < 1.29 is 13.9 Å². The average molecular weight is 377 g/mol. The van der Waals surface area contributed by atoms with E-state index in [2.05, 4.69) is 20.5 Å². The molecule has 1 N–H and O–H groups in total. The van der Waals surface area contributed by atoms with Gasteiger partial charge in [-0.15, -0.1) is 11.3 Å². The maximum Gasteiger partial charge on any atom is 0.281 e. The highest BCUT2D eigenvalue weighted by Gasteiger charge is 2.09. The molecule has 2 aromatic heterocycles. The lowest BCUT2D eigenvalue weighted by molar-refractivity contribution is 0.0959. The van der Waals surface area contributed by atoms with E-state index in [0.29, 0.717) is 16.2 Å². The molecule has 126 valence electrons. The molecule has 9 heteroatoms. The predicted octanol–water partition coefficient (Wildman–Crippen LogP) is 3.89. The molecule has 2 heterocycles. The molecule has 0 aliphatic heterocycles. The van der Waals surface area contributed by atoms with Crippen molar-refractivity contribution in [3.63, 3.8) is 0 Å². The number of hydrogen-bond acceptors (Lipinski definition) is 6. The summed E-state index contributed by atoms with van der Waals surface area (Å²) in [6.45, 7) is 0. The van der Waals surface area contributed by atoms with Crippen LogP contribution in [0.2, 0.25) is 5.28 Å². The Bertz CT molecular complexity index is 918. The van der Waals surface area contributed by atoms with Crippen LogP contribution in [-0.4, -0.2) is 22.1 Å². The summed E-state index contributed by atoms with van der Waals surface area (Å²) in [4.78, 5) is 19.5. The van der Waals surface area contributed by atoms with E-state index in [1.807, 2.05) is 0 Å². The van der Waals surface area contributed by atoms with Crippen molar-refractivity contribution in [3.8, 4) is 11.6 Å². The van der Waals surface area contributed by atoms with Gasteiger partial charge < -0.3 is 4.74 Å². The molecule has 0 radical (unpaired) electrons. The fourth-order valence-corrected chi connectivity index (χ4v) is 2.54. The zero-order chi connectivity index (χ0) is 17.6. The number of amides is 1. The molecule has 0 saturated heterocycles. The molecule has 1 aromatic carbocycles. The minimum absolute atomic E-state index is 0.120. The maximum absolute atomic E-state index is 13.6. The topological polar surface area (TPSA) is 76.5 Å². The molecule has 25 heavy (non-hydrogen) atoms. The molecule has 3 rings (SSSR count). The molecule has 0 bridgehead atoms. The zero-order valence-electron chi connectivity index (χ0n) is 12.5. The smallest absolute Gasteiger partial charge is 0.281 e. The highest BCUT2D eigenvalue weighted by molar-refractivity contribution is 7.12. The second kappa shape index (κ2) is 7.82. The van der Waals surface area contributed by atoms with Gasteiger partial charge in [-0.2, -0.15) is 14.5 Å². The van der Waals surface area contributed by atoms with Crippen LogP contribution in [0.3, 0.4) is 0 Å². The van der Waals surface area contributed by atoms with Crippen LogP contribution in [0, 0.1) is 5.82 Å². The van der Waals surface area contributed by atoms with Crippen LogP contribution in [-0.2, 0) is 0 Å². The summed E-state index contributed by atoms with van der Waals surface area (Å²) < 4.78 is 19.0. The van der Waals surface area contributed by atoms with Crippen molar-refractivity contribution in [3.05, 3.63) is 69.5 Å². The number of nitrogens with zero attached hydrogens (tertiary/aromatic N) is 3. The van der Waals surface area contributed by atoms with Gasteiger partial charge in [0.15, 0.2) is 0 Å². The van der Waals surface area contributed by atoms with Gasteiger partial charge >= 0.3 is 0 Å². The standard InChI is InChI=1S/C16H10ClFN4O2S/c17-16-19-9-12(18)15(21-16)24-11-4-1-3-10(7-11)8-20-22-14(23)13-5-2-6-25-13/h1-9H,(H,22,23)/b20-8+. The number of thiophene rings is 1. The molecule has 1 amide bonds. The first-order chi connectivity index (χ1) is 12.1. The quantitative estimate of drug-likeness (QED) is 0.416. The van der Waals surface area contributed by atoms with E-state index in [0.717, 1.165) is 6.20 Å². The number of carbonyl (C=O) groups excluding carboxylic acids is 1. The number of nitrogens with one attached hydrogen (secondary N) is 1. The molecule has 3 aromatic rings. The summed E-state index contributed by atoms with van der Waals surface area (Å²) in [6.07, 6.45) is 2.37. The predicted molar refractivity (Wildman–Crippen MR) is 92.9 cm³/mol. The van der Waals surface area contributed by atoms with Crippen molar-refractivity contribution in [2.24, 2.45) is 5.10 Å². The summed E-state index contributed by atoms with van der Waals surface area (Å²) in [7, 11) is 0. The van der Waals surface area contributed by atoms with Gasteiger partial charge in [-0.3, -0.25) is 4.79 Å². The summed E-state index contributed by atoms with van der Waals surface area (Å²) in [5.74, 6) is -0.967. The average Bonchev–Trinajstić information content (AvgIpc) is 3.13. The van der Waals surface area contributed by atoms with Gasteiger partial charge in [0.1, 0.15) is 5.75 Å². The van der Waals surface area contributed by atoms with E-state index < -0.39 is 5.82 Å². The SMILES string of the molecule is O=C(N/N=C/c1cccc(Oc2nc(Cl)ncc2F)c1)c1cccs1. The third-order valence-electron chi connectivity index (χ3n) is 2.88. The molecule has 0 saturated carbocycles. The van der Waals surface area contributed by atoms with Gasteiger partial charge in [-0.25, -0.2) is 10.4 Å². The van der Waals surface area contributed by atoms with Crippen molar-refractivity contribution in [1.82, 2.24) is 15.4 Å². The Morgan fingerprint density at radius 2 is 2.24 bits per heavy atom. The molecular formula is C16H10ClFN4O2S. The van der Waals surface area contributed by atoms with Crippen molar-refractivity contribution in [1.29, 1.82) is 0 Å². The third kappa shape index (κ3) is 4.59. The summed E-state index contributed by atoms with van der Waals surface area (Å²) in [5.41, 5.74) is 3.06. The lowest BCUT2D eigenvalue weighted by Gasteiger charge is -2.06. The number of ether oxygens (including phenoxy) is 1. The van der Waals surface area contributed by atoms with Gasteiger partial charge in [-0.05, 0) is 40.7 Å². The summed E-state index contributed by atoms with van der Waals surface area (Å²) >= 11 is 6.94. The number of hydrazone groups is 1. The van der Waals surface area contributed by atoms with E-state index in [1.165, 1.54) is 17.6 Å². The van der Waals surface area contributed by atoms with Crippen LogP contribution in [0.15, 0.2) is 53.1 Å². The van der Waals surface area contributed by atoms with E-state index in [9.17, 15) is 9.18 Å². The number of halogens is 2. The van der Waals surface area contributed by atoms with Crippen LogP contribution in [0.5, 0.6) is 11.6 Å². The van der Waals surface area contributed by atoms with Gasteiger partial charge in [-0.1, -0.05) is 18.2 Å². The number of hydrogen-bond donors (Lipinski definition) is 1. The Labute approximate surface area is 151 Å². The van der Waals surface area contributed by atoms with Gasteiger partial charge in [0.2, 0.25) is 11.1 Å². The lowest BCUT2D eigenvalue weighted by atomic mass is 10.2. The van der Waals surface area contributed by atoms with Crippen molar-refractivity contribution in [2.45, 2.75) is 0 Å². The Morgan fingerprint density at radius 1 is 1.36 bits per heavy atom. The van der Waals surface area contributed by atoms with Gasteiger partial charge in [0.25, 0.3) is 11.8 Å². The molecule has 0 unspecified atom stereocenters. The number of benzene rings is 1. The van der Waals surface area contributed by atoms with E-state index in [4.69, 9.17) is 16.3 Å². The minimum Gasteiger partial charge on any atom is -0.436 e. The first-order valence-corrected chi connectivity index (χ1v) is 8.20. The minimum atomic E-state index is -0.730. The first-order valence-electron chi connectivity index (χ1n) is 6.95. The van der Waals surface area contributed by atoms with Crippen LogP contribution >= 0.6 is 22.9 Å². The van der Waals surface area contributed by atoms with Crippen molar-refractivity contribution >= 4 is 35.1 Å². The largest absolute Gasteiger partial charge is 0.436 e. The molecule has 0 aliphatic carbocycles. The maximum atomic E-state index is 13.6. The lowest BCUT2D eigenvalue weighted by Crippen LogP contribution is -2.16. The summed E-state index contributed by atoms with van der Waals surface area (Å²) in [5, 5.41) is 5.57. The fourth-order valence-electron chi connectivity index (χ4n) is 1.80. The monoisotopic (exact) mass is 376 g/mol. The van der Waals surface area contributed by atoms with Gasteiger partial charge in [0, 0.05) is 0 Å². The number of aromatic nitrogens is 2. The van der Waals surface area contributed by atoms with E-state index >= 15 is 0 Å². The number of carbonyl (C=O) groups is 1. The Balaban J connectivity index is 1.68. The van der Waals surface area contributed by atoms with Crippen LogP contribution in [0.25, 0.3) is 0 Å². The molecule has 0 aliphatic rings. The second-order valence-electron chi connectivity index (χ2n) is 4.64. The Hall–Kier alpha value is -2.84. The third-order valence-corrected chi connectivity index (χ3v) is 3.93. The van der Waals surface area contributed by atoms with Crippen molar-refractivity contribution in [2.75, 3.05) is 0 Å². The Kier molecular flexibility index (Phi) is 5.32. The van der Waals surface area contributed by atoms with Crippen LogP contribution in [0.4, 0.5) is 4.39 Å². The Morgan fingerprint density at radius 3 is 3.04 bits per heavy atom. The molecule has 0 fully saturated rings. The molecular weight excluding hydrogens is 367 g/mol. The van der Waals surface area contributed by atoms with E-state index in [1.54, 1.807) is 41.8 Å². The fraction of sp³-hybridized carbons (Fsp3) is 0. The van der Waals surface area contributed by atoms with Crippen LogP contribution in [0.1, 0.15) is 15.2 Å². The normalized spacial score (nSPS) is 10.8. The van der Waals surface area contributed by atoms with Gasteiger partial charge in [0.05, 0.1) is 17.3 Å². The van der Waals surface area contributed by atoms with Crippen LogP contribution < -0.4 is 10.2 Å². The highest BCUT2D eigenvalue weighted by Crippen LogP contribution is 2.23.